The number of rotatable bonds is 4. The number of anilines is 1. The molecule has 0 atom stereocenters. The van der Waals surface area contributed by atoms with Crippen molar-refractivity contribution in [2.24, 2.45) is 5.10 Å². The molecule has 5 heteroatoms. The Hall–Kier alpha value is -2.92. The molecule has 0 amide bonds. The lowest BCUT2D eigenvalue weighted by molar-refractivity contribution is 1.29. The van der Waals surface area contributed by atoms with Crippen molar-refractivity contribution >= 4 is 33.6 Å². The highest BCUT2D eigenvalue weighted by molar-refractivity contribution is 7.14. The molecule has 2 aromatic carbocycles. The smallest absolute Gasteiger partial charge is 0.203 e. The molecule has 2 N–H and O–H groups in total. The van der Waals surface area contributed by atoms with Gasteiger partial charge in [-0.15, -0.1) is 11.3 Å². The van der Waals surface area contributed by atoms with Gasteiger partial charge in [-0.1, -0.05) is 36.4 Å². The van der Waals surface area contributed by atoms with Crippen molar-refractivity contribution in [2.45, 2.75) is 0 Å². The van der Waals surface area contributed by atoms with Crippen LogP contribution in [0, 0.1) is 0 Å². The van der Waals surface area contributed by atoms with Gasteiger partial charge in [0.05, 0.1) is 11.9 Å². The molecule has 0 aliphatic heterocycles. The van der Waals surface area contributed by atoms with Gasteiger partial charge in [-0.25, -0.2) is 4.98 Å². The van der Waals surface area contributed by atoms with E-state index in [9.17, 15) is 0 Å². The van der Waals surface area contributed by atoms with Crippen LogP contribution in [0.3, 0.4) is 0 Å². The third-order valence-electron chi connectivity index (χ3n) is 3.52. The largest absolute Gasteiger partial charge is 0.361 e. The molecule has 2 aromatic heterocycles. The average Bonchev–Trinajstić information content (AvgIpc) is 3.24. The number of fused-ring (bicyclic) bond motifs is 1. The molecule has 0 aliphatic carbocycles. The maximum atomic E-state index is 4.54. The molecule has 0 radical (unpaired) electrons. The lowest BCUT2D eigenvalue weighted by Gasteiger charge is -1.96. The second kappa shape index (κ2) is 6.06. The minimum absolute atomic E-state index is 0.780. The number of nitrogens with zero attached hydrogens (tertiary/aromatic N) is 2. The molecule has 0 fully saturated rings. The topological polar surface area (TPSA) is 53.1 Å². The van der Waals surface area contributed by atoms with E-state index in [1.807, 2.05) is 60.1 Å². The maximum Gasteiger partial charge on any atom is 0.203 e. The Balaban J connectivity index is 1.47. The number of hydrogen-bond acceptors (Lipinski definition) is 4. The van der Waals surface area contributed by atoms with Crippen molar-refractivity contribution in [1.29, 1.82) is 0 Å². The van der Waals surface area contributed by atoms with Gasteiger partial charge in [-0.3, -0.25) is 5.43 Å². The van der Waals surface area contributed by atoms with Crippen molar-refractivity contribution in [1.82, 2.24) is 9.97 Å². The van der Waals surface area contributed by atoms with Gasteiger partial charge >= 0.3 is 0 Å². The summed E-state index contributed by atoms with van der Waals surface area (Å²) in [5, 5.41) is 8.26. The van der Waals surface area contributed by atoms with Crippen LogP contribution in [0.25, 0.3) is 22.2 Å². The fraction of sp³-hybridized carbons (Fsp3) is 0. The first-order valence-corrected chi connectivity index (χ1v) is 8.14. The van der Waals surface area contributed by atoms with Crippen molar-refractivity contribution in [3.8, 4) is 11.3 Å². The number of aromatic amines is 1. The molecule has 4 rings (SSSR count). The quantitative estimate of drug-likeness (QED) is 0.422. The van der Waals surface area contributed by atoms with Crippen molar-refractivity contribution < 1.29 is 0 Å². The van der Waals surface area contributed by atoms with E-state index in [0.29, 0.717) is 0 Å². The minimum Gasteiger partial charge on any atom is -0.361 e. The molecule has 4 nitrogen and oxygen atoms in total. The lowest BCUT2D eigenvalue weighted by atomic mass is 10.2. The van der Waals surface area contributed by atoms with Gasteiger partial charge in [0.15, 0.2) is 0 Å². The molecule has 112 valence electrons. The van der Waals surface area contributed by atoms with E-state index in [1.165, 1.54) is 5.39 Å². The fourth-order valence-electron chi connectivity index (χ4n) is 2.38. The predicted molar refractivity (Wildman–Crippen MR) is 97.1 cm³/mol. The van der Waals surface area contributed by atoms with Gasteiger partial charge in [0.25, 0.3) is 0 Å². The molecular weight excluding hydrogens is 304 g/mol. The van der Waals surface area contributed by atoms with E-state index >= 15 is 0 Å². The van der Waals surface area contributed by atoms with Crippen LogP contribution in [0.15, 0.2) is 71.3 Å². The van der Waals surface area contributed by atoms with E-state index in [4.69, 9.17) is 0 Å². The van der Waals surface area contributed by atoms with Crippen LogP contribution in [0.1, 0.15) is 5.56 Å². The highest BCUT2D eigenvalue weighted by atomic mass is 32.1. The number of hydrazone groups is 1. The first-order chi connectivity index (χ1) is 11.4. The third kappa shape index (κ3) is 3.00. The highest BCUT2D eigenvalue weighted by Gasteiger charge is 2.02. The van der Waals surface area contributed by atoms with Crippen LogP contribution >= 0.6 is 11.3 Å². The summed E-state index contributed by atoms with van der Waals surface area (Å²) in [6, 6.07) is 18.3. The van der Waals surface area contributed by atoms with Gasteiger partial charge in [-0.2, -0.15) is 5.10 Å². The van der Waals surface area contributed by atoms with Crippen molar-refractivity contribution in [3.63, 3.8) is 0 Å². The molecule has 0 saturated heterocycles. The number of H-pyrrole nitrogens is 1. The number of thiazole rings is 1. The van der Waals surface area contributed by atoms with Crippen molar-refractivity contribution in [3.05, 3.63) is 71.7 Å². The molecule has 0 aliphatic rings. The Bertz CT molecular complexity index is 953. The molecule has 0 spiro atoms. The van der Waals surface area contributed by atoms with Crippen LogP contribution < -0.4 is 5.43 Å². The minimum atomic E-state index is 0.780. The van der Waals surface area contributed by atoms with Crippen LogP contribution in [-0.2, 0) is 0 Å². The summed E-state index contributed by atoms with van der Waals surface area (Å²) in [7, 11) is 0. The zero-order chi connectivity index (χ0) is 15.5. The number of benzene rings is 2. The Kier molecular flexibility index (Phi) is 3.62. The average molecular weight is 318 g/mol. The number of aromatic nitrogens is 2. The monoisotopic (exact) mass is 318 g/mol. The summed E-state index contributed by atoms with van der Waals surface area (Å²) in [5.41, 5.74) is 7.24. The van der Waals surface area contributed by atoms with Gasteiger partial charge < -0.3 is 4.98 Å². The van der Waals surface area contributed by atoms with E-state index in [1.54, 1.807) is 17.6 Å². The summed E-state index contributed by atoms with van der Waals surface area (Å²) in [5.74, 6) is 0. The zero-order valence-corrected chi connectivity index (χ0v) is 13.0. The molecule has 2 heterocycles. The van der Waals surface area contributed by atoms with E-state index in [2.05, 4.69) is 26.6 Å². The molecule has 4 aromatic rings. The Morgan fingerprint density at radius 3 is 2.91 bits per heavy atom. The second-order valence-electron chi connectivity index (χ2n) is 5.10. The summed E-state index contributed by atoms with van der Waals surface area (Å²) in [6.45, 7) is 0. The number of nitrogens with one attached hydrogen (secondary N) is 2. The maximum absolute atomic E-state index is 4.54. The summed E-state index contributed by atoms with van der Waals surface area (Å²) in [4.78, 5) is 7.72. The SMILES string of the molecule is C(=N\Nc1nc(-c2ccccc2)cs1)/c1ccc2[nH]ccc2c1. The first kappa shape index (κ1) is 13.7. The molecule has 0 unspecified atom stereocenters. The standard InChI is InChI=1S/C18H14N4S/c1-2-4-14(5-3-1)17-12-23-18(21-17)22-20-11-13-6-7-16-15(10-13)8-9-19-16/h1-12,19H,(H,21,22)/b20-11+. The number of hydrogen-bond donors (Lipinski definition) is 2. The normalized spacial score (nSPS) is 11.3. The van der Waals surface area contributed by atoms with Crippen LogP contribution in [0.5, 0.6) is 0 Å². The summed E-state index contributed by atoms with van der Waals surface area (Å²) in [6.07, 6.45) is 3.74. The van der Waals surface area contributed by atoms with Crippen LogP contribution in [0.4, 0.5) is 5.13 Å². The van der Waals surface area contributed by atoms with Crippen LogP contribution in [-0.4, -0.2) is 16.2 Å². The highest BCUT2D eigenvalue weighted by Crippen LogP contribution is 2.24. The van der Waals surface area contributed by atoms with E-state index < -0.39 is 0 Å². The summed E-state index contributed by atoms with van der Waals surface area (Å²) < 4.78 is 0. The van der Waals surface area contributed by atoms with Gasteiger partial charge in [0, 0.05) is 22.7 Å². The first-order valence-electron chi connectivity index (χ1n) is 7.26. The Morgan fingerprint density at radius 1 is 1.09 bits per heavy atom. The molecular formula is C18H14N4S. The van der Waals surface area contributed by atoms with Gasteiger partial charge in [-0.05, 0) is 29.1 Å². The summed E-state index contributed by atoms with van der Waals surface area (Å²) >= 11 is 1.54. The second-order valence-corrected chi connectivity index (χ2v) is 5.96. The lowest BCUT2D eigenvalue weighted by Crippen LogP contribution is -1.90. The van der Waals surface area contributed by atoms with Crippen molar-refractivity contribution in [2.75, 3.05) is 5.43 Å². The Morgan fingerprint density at radius 2 is 2.00 bits per heavy atom. The predicted octanol–water partition coefficient (Wildman–Crippen LogP) is 4.74. The van der Waals surface area contributed by atoms with Crippen LogP contribution in [0.2, 0.25) is 0 Å². The van der Waals surface area contributed by atoms with E-state index in [-0.39, 0.29) is 0 Å². The Labute approximate surface area is 137 Å². The molecule has 23 heavy (non-hydrogen) atoms. The fourth-order valence-corrected chi connectivity index (χ4v) is 3.05. The zero-order valence-electron chi connectivity index (χ0n) is 12.2. The third-order valence-corrected chi connectivity index (χ3v) is 4.27. The molecule has 0 bridgehead atoms. The van der Waals surface area contributed by atoms with Gasteiger partial charge in [0.2, 0.25) is 5.13 Å². The molecule has 0 saturated carbocycles. The van der Waals surface area contributed by atoms with E-state index in [0.717, 1.165) is 27.5 Å². The van der Waals surface area contributed by atoms with Gasteiger partial charge in [0.1, 0.15) is 0 Å².